The van der Waals surface area contributed by atoms with Crippen LogP contribution in [0.2, 0.25) is 0 Å². The number of nitrogens with one attached hydrogen (secondary N) is 2. The summed E-state index contributed by atoms with van der Waals surface area (Å²) in [6, 6.07) is 18.3. The summed E-state index contributed by atoms with van der Waals surface area (Å²) in [5.41, 5.74) is 4.63. The Morgan fingerprint density at radius 2 is 1.61 bits per heavy atom. The molecule has 1 aromatic heterocycles. The summed E-state index contributed by atoms with van der Waals surface area (Å²) in [5.74, 6) is 1.40. The Kier molecular flexibility index (Phi) is 4.52. The smallest absolute Gasteiger partial charge is 0.229 e. The molecule has 4 nitrogen and oxygen atoms in total. The Labute approximate surface area is 136 Å². The number of para-hydroxylation sites is 1. The van der Waals surface area contributed by atoms with Gasteiger partial charge in [-0.15, -0.1) is 0 Å². The summed E-state index contributed by atoms with van der Waals surface area (Å²) in [7, 11) is 0. The summed E-state index contributed by atoms with van der Waals surface area (Å²) in [4.78, 5) is 8.84. The number of nitrogens with zero attached hydrogens (tertiary/aromatic N) is 2. The molecule has 0 spiro atoms. The van der Waals surface area contributed by atoms with Crippen LogP contribution < -0.4 is 10.6 Å². The molecule has 0 saturated heterocycles. The molecule has 23 heavy (non-hydrogen) atoms. The number of aryl methyl sites for hydroxylation is 2. The maximum atomic E-state index is 4.53. The van der Waals surface area contributed by atoms with Gasteiger partial charge in [-0.3, -0.25) is 0 Å². The molecule has 0 aliphatic heterocycles. The van der Waals surface area contributed by atoms with Gasteiger partial charge in [0.25, 0.3) is 0 Å². The first-order chi connectivity index (χ1) is 11.2. The maximum Gasteiger partial charge on any atom is 0.229 e. The third-order valence-electron chi connectivity index (χ3n) is 3.69. The molecule has 4 heteroatoms. The fourth-order valence-electron chi connectivity index (χ4n) is 2.43. The summed E-state index contributed by atoms with van der Waals surface area (Å²) in [5, 5.41) is 6.64. The van der Waals surface area contributed by atoms with E-state index in [-0.39, 0.29) is 0 Å². The molecule has 0 unspecified atom stereocenters. The molecule has 3 aromatic rings. The second kappa shape index (κ2) is 6.92. The first kappa shape index (κ1) is 15.0. The molecule has 3 rings (SSSR count). The van der Waals surface area contributed by atoms with E-state index in [1.165, 1.54) is 16.7 Å². The van der Waals surface area contributed by atoms with Crippen LogP contribution in [-0.2, 0) is 6.54 Å². The second-order valence-electron chi connectivity index (χ2n) is 5.50. The van der Waals surface area contributed by atoms with Crippen molar-refractivity contribution in [1.82, 2.24) is 9.97 Å². The van der Waals surface area contributed by atoms with Gasteiger partial charge in [-0.2, -0.15) is 4.98 Å². The van der Waals surface area contributed by atoms with Crippen molar-refractivity contribution in [1.29, 1.82) is 0 Å². The van der Waals surface area contributed by atoms with E-state index in [9.17, 15) is 0 Å². The fourth-order valence-corrected chi connectivity index (χ4v) is 2.43. The number of anilines is 3. The second-order valence-corrected chi connectivity index (χ2v) is 5.50. The lowest BCUT2D eigenvalue weighted by Crippen LogP contribution is -2.05. The number of hydrogen-bond donors (Lipinski definition) is 2. The van der Waals surface area contributed by atoms with Crippen LogP contribution in [0.3, 0.4) is 0 Å². The molecule has 0 fully saturated rings. The van der Waals surface area contributed by atoms with Crippen LogP contribution in [0.4, 0.5) is 17.5 Å². The molecule has 0 aliphatic carbocycles. The molecule has 0 amide bonds. The monoisotopic (exact) mass is 304 g/mol. The van der Waals surface area contributed by atoms with Gasteiger partial charge in [0.15, 0.2) is 0 Å². The lowest BCUT2D eigenvalue weighted by molar-refractivity contribution is 1.08. The predicted molar refractivity (Wildman–Crippen MR) is 95.0 cm³/mol. The Bertz CT molecular complexity index is 764. The molecular formula is C19H20N4. The average Bonchev–Trinajstić information content (AvgIpc) is 2.58. The van der Waals surface area contributed by atoms with Crippen molar-refractivity contribution in [2.45, 2.75) is 20.4 Å². The standard InChI is InChI=1S/C19H20N4/c1-14-7-6-8-15(2)18(14)23-19-20-12-11-17(22-19)21-13-16-9-4-3-5-10-16/h3-12H,13H2,1-2H3,(H2,20,21,22,23). The molecular weight excluding hydrogens is 284 g/mol. The number of rotatable bonds is 5. The highest BCUT2D eigenvalue weighted by Crippen LogP contribution is 2.22. The van der Waals surface area contributed by atoms with E-state index in [0.717, 1.165) is 18.1 Å². The lowest BCUT2D eigenvalue weighted by Gasteiger charge is -2.12. The molecule has 0 radical (unpaired) electrons. The van der Waals surface area contributed by atoms with E-state index in [4.69, 9.17) is 0 Å². The van der Waals surface area contributed by atoms with Gasteiger partial charge in [-0.1, -0.05) is 48.5 Å². The van der Waals surface area contributed by atoms with Crippen molar-refractivity contribution >= 4 is 17.5 Å². The van der Waals surface area contributed by atoms with Gasteiger partial charge in [-0.05, 0) is 36.6 Å². The summed E-state index contributed by atoms with van der Waals surface area (Å²) < 4.78 is 0. The topological polar surface area (TPSA) is 49.8 Å². The van der Waals surface area contributed by atoms with Gasteiger partial charge >= 0.3 is 0 Å². The summed E-state index contributed by atoms with van der Waals surface area (Å²) in [6.07, 6.45) is 1.76. The van der Waals surface area contributed by atoms with E-state index in [1.54, 1.807) is 6.20 Å². The van der Waals surface area contributed by atoms with Crippen LogP contribution in [0.15, 0.2) is 60.8 Å². The Morgan fingerprint density at radius 1 is 0.870 bits per heavy atom. The summed E-state index contributed by atoms with van der Waals surface area (Å²) >= 11 is 0. The van der Waals surface area contributed by atoms with Gasteiger partial charge in [0.1, 0.15) is 5.82 Å². The van der Waals surface area contributed by atoms with Crippen molar-refractivity contribution in [3.63, 3.8) is 0 Å². The van der Waals surface area contributed by atoms with Gasteiger partial charge in [0.2, 0.25) is 5.95 Å². The highest BCUT2D eigenvalue weighted by molar-refractivity contribution is 5.63. The van der Waals surface area contributed by atoms with E-state index in [1.807, 2.05) is 24.3 Å². The molecule has 0 bridgehead atoms. The SMILES string of the molecule is Cc1cccc(C)c1Nc1nccc(NCc2ccccc2)n1. The average molecular weight is 304 g/mol. The summed E-state index contributed by atoms with van der Waals surface area (Å²) in [6.45, 7) is 4.89. The van der Waals surface area contributed by atoms with E-state index in [2.05, 4.69) is 64.8 Å². The number of hydrogen-bond acceptors (Lipinski definition) is 4. The third kappa shape index (κ3) is 3.86. The lowest BCUT2D eigenvalue weighted by atomic mass is 10.1. The minimum absolute atomic E-state index is 0.598. The van der Waals surface area contributed by atoms with E-state index >= 15 is 0 Å². The van der Waals surface area contributed by atoms with Gasteiger partial charge in [0, 0.05) is 18.4 Å². The number of benzene rings is 2. The maximum absolute atomic E-state index is 4.53. The van der Waals surface area contributed by atoms with Crippen molar-refractivity contribution in [2.24, 2.45) is 0 Å². The Balaban J connectivity index is 1.72. The zero-order valence-corrected chi connectivity index (χ0v) is 13.4. The van der Waals surface area contributed by atoms with E-state index in [0.29, 0.717) is 5.95 Å². The van der Waals surface area contributed by atoms with Crippen molar-refractivity contribution in [3.05, 3.63) is 77.5 Å². The molecule has 0 aliphatic rings. The Hall–Kier alpha value is -2.88. The van der Waals surface area contributed by atoms with Crippen molar-refractivity contribution in [2.75, 3.05) is 10.6 Å². The van der Waals surface area contributed by atoms with E-state index < -0.39 is 0 Å². The molecule has 0 saturated carbocycles. The quantitative estimate of drug-likeness (QED) is 0.731. The van der Waals surface area contributed by atoms with Gasteiger partial charge < -0.3 is 10.6 Å². The highest BCUT2D eigenvalue weighted by atomic mass is 15.1. The van der Waals surface area contributed by atoms with Crippen LogP contribution in [-0.4, -0.2) is 9.97 Å². The first-order valence-corrected chi connectivity index (χ1v) is 7.66. The van der Waals surface area contributed by atoms with Gasteiger partial charge in [0.05, 0.1) is 0 Å². The minimum atomic E-state index is 0.598. The molecule has 0 atom stereocenters. The third-order valence-corrected chi connectivity index (χ3v) is 3.69. The van der Waals surface area contributed by atoms with Crippen LogP contribution in [0.5, 0.6) is 0 Å². The van der Waals surface area contributed by atoms with Crippen LogP contribution in [0.1, 0.15) is 16.7 Å². The van der Waals surface area contributed by atoms with Crippen LogP contribution in [0, 0.1) is 13.8 Å². The van der Waals surface area contributed by atoms with Crippen LogP contribution >= 0.6 is 0 Å². The normalized spacial score (nSPS) is 10.3. The molecule has 2 aromatic carbocycles. The first-order valence-electron chi connectivity index (χ1n) is 7.66. The van der Waals surface area contributed by atoms with Crippen molar-refractivity contribution in [3.8, 4) is 0 Å². The largest absolute Gasteiger partial charge is 0.366 e. The van der Waals surface area contributed by atoms with Crippen LogP contribution in [0.25, 0.3) is 0 Å². The zero-order chi connectivity index (χ0) is 16.1. The zero-order valence-electron chi connectivity index (χ0n) is 13.4. The molecule has 2 N–H and O–H groups in total. The molecule has 116 valence electrons. The Morgan fingerprint density at radius 3 is 2.35 bits per heavy atom. The van der Waals surface area contributed by atoms with Gasteiger partial charge in [-0.25, -0.2) is 4.98 Å². The minimum Gasteiger partial charge on any atom is -0.366 e. The predicted octanol–water partition coefficient (Wildman–Crippen LogP) is 4.45. The van der Waals surface area contributed by atoms with Crippen molar-refractivity contribution < 1.29 is 0 Å². The number of aromatic nitrogens is 2. The fraction of sp³-hybridized carbons (Fsp3) is 0.158. The highest BCUT2D eigenvalue weighted by Gasteiger charge is 2.05. The molecule has 1 heterocycles.